The predicted octanol–water partition coefficient (Wildman–Crippen LogP) is 1.51. The van der Waals surface area contributed by atoms with Crippen molar-refractivity contribution in [2.75, 3.05) is 19.3 Å². The van der Waals surface area contributed by atoms with E-state index in [0.29, 0.717) is 18.0 Å². The second-order valence-corrected chi connectivity index (χ2v) is 4.98. The average molecular weight is 273 g/mol. The second-order valence-electron chi connectivity index (χ2n) is 3.28. The lowest BCUT2D eigenvalue weighted by molar-refractivity contribution is 0.231. The Morgan fingerprint density at radius 3 is 3.12 bits per heavy atom. The highest BCUT2D eigenvalue weighted by Gasteiger charge is 2.03. The van der Waals surface area contributed by atoms with Crippen molar-refractivity contribution in [3.63, 3.8) is 0 Å². The molecule has 0 fully saturated rings. The number of thioether (sulfide) groups is 1. The van der Waals surface area contributed by atoms with Gasteiger partial charge in [0, 0.05) is 31.3 Å². The van der Waals surface area contributed by atoms with Gasteiger partial charge in [0.1, 0.15) is 5.75 Å². The summed E-state index contributed by atoms with van der Waals surface area (Å²) in [5.41, 5.74) is 0.662. The monoisotopic (exact) mass is 273 g/mol. The molecule has 0 saturated carbocycles. The lowest BCUT2D eigenvalue weighted by atomic mass is 10.3. The Kier molecular flexibility index (Phi) is 5.99. The molecule has 1 aromatic heterocycles. The van der Waals surface area contributed by atoms with Gasteiger partial charge in [-0.05, 0) is 12.1 Å². The van der Waals surface area contributed by atoms with Crippen LogP contribution in [0.25, 0.3) is 0 Å². The molecule has 0 spiro atoms. The molecule has 17 heavy (non-hydrogen) atoms. The van der Waals surface area contributed by atoms with Crippen LogP contribution in [0, 0.1) is 0 Å². The molecule has 1 heterocycles. The average Bonchev–Trinajstić information content (AvgIpc) is 2.30. The van der Waals surface area contributed by atoms with Crippen LogP contribution in [0.2, 0.25) is 0 Å². The standard InChI is InChI=1S/C10H15N3O2S2/c1-13(16)10(15)12-5-6-17-7-8-9(14)3-2-4-11-8/h2-4,14,16H,5-7H2,1H3,(H,12,15). The number of amides is 2. The molecule has 0 saturated heterocycles. The van der Waals surface area contributed by atoms with Crippen LogP contribution in [0.1, 0.15) is 5.69 Å². The number of hydrogen-bond acceptors (Lipinski definition) is 5. The summed E-state index contributed by atoms with van der Waals surface area (Å²) in [5, 5.41) is 12.2. The number of thiol groups is 1. The summed E-state index contributed by atoms with van der Waals surface area (Å²) >= 11 is 5.45. The molecule has 2 amide bonds. The van der Waals surface area contributed by atoms with Gasteiger partial charge in [-0.2, -0.15) is 11.8 Å². The van der Waals surface area contributed by atoms with Gasteiger partial charge in [0.05, 0.1) is 5.69 Å². The molecule has 0 aliphatic heterocycles. The number of aromatic nitrogens is 1. The van der Waals surface area contributed by atoms with E-state index < -0.39 is 0 Å². The molecule has 1 aromatic rings. The molecular weight excluding hydrogens is 258 g/mol. The van der Waals surface area contributed by atoms with Crippen LogP contribution in [-0.2, 0) is 5.75 Å². The van der Waals surface area contributed by atoms with Crippen molar-refractivity contribution in [3.05, 3.63) is 24.0 Å². The number of hydrogen-bond donors (Lipinski definition) is 3. The van der Waals surface area contributed by atoms with Crippen LogP contribution in [0.15, 0.2) is 18.3 Å². The number of pyridine rings is 1. The van der Waals surface area contributed by atoms with Crippen LogP contribution < -0.4 is 5.32 Å². The number of aromatic hydroxyl groups is 1. The van der Waals surface area contributed by atoms with E-state index in [1.807, 2.05) is 0 Å². The van der Waals surface area contributed by atoms with Crippen LogP contribution in [0.3, 0.4) is 0 Å². The van der Waals surface area contributed by atoms with Crippen LogP contribution in [0.4, 0.5) is 4.79 Å². The van der Waals surface area contributed by atoms with Gasteiger partial charge in [0.25, 0.3) is 0 Å². The van der Waals surface area contributed by atoms with Crippen molar-refractivity contribution in [2.45, 2.75) is 5.75 Å². The highest BCUT2D eigenvalue weighted by molar-refractivity contribution is 7.98. The third kappa shape index (κ3) is 5.18. The van der Waals surface area contributed by atoms with Gasteiger partial charge in [-0.15, -0.1) is 0 Å². The normalized spacial score (nSPS) is 10.0. The molecule has 94 valence electrons. The Labute approximate surface area is 110 Å². The maximum absolute atomic E-state index is 11.1. The predicted molar refractivity (Wildman–Crippen MR) is 72.2 cm³/mol. The fraction of sp³-hybridized carbons (Fsp3) is 0.400. The van der Waals surface area contributed by atoms with Gasteiger partial charge in [0.15, 0.2) is 0 Å². The minimum atomic E-state index is -0.227. The highest BCUT2D eigenvalue weighted by Crippen LogP contribution is 2.18. The van der Waals surface area contributed by atoms with Gasteiger partial charge < -0.3 is 10.4 Å². The Bertz CT molecular complexity index is 374. The van der Waals surface area contributed by atoms with E-state index >= 15 is 0 Å². The topological polar surface area (TPSA) is 65.5 Å². The summed E-state index contributed by atoms with van der Waals surface area (Å²) in [6, 6.07) is 3.07. The number of nitrogens with zero attached hydrogens (tertiary/aromatic N) is 2. The molecule has 0 aromatic carbocycles. The zero-order valence-electron chi connectivity index (χ0n) is 9.46. The fourth-order valence-electron chi connectivity index (χ4n) is 1.05. The number of rotatable bonds is 5. The van der Waals surface area contributed by atoms with Crippen molar-refractivity contribution < 1.29 is 9.90 Å². The smallest absolute Gasteiger partial charge is 0.326 e. The minimum Gasteiger partial charge on any atom is -0.506 e. The minimum absolute atomic E-state index is 0.208. The summed E-state index contributed by atoms with van der Waals surface area (Å²) in [7, 11) is 1.57. The molecule has 2 N–H and O–H groups in total. The Balaban J connectivity index is 2.17. The van der Waals surface area contributed by atoms with Crippen molar-refractivity contribution >= 4 is 30.6 Å². The first-order chi connectivity index (χ1) is 8.11. The SMILES string of the molecule is CN(S)C(=O)NCCSCc1ncccc1O. The maximum atomic E-state index is 11.1. The first-order valence-electron chi connectivity index (χ1n) is 5.02. The number of carbonyl (C=O) groups excluding carboxylic acids is 1. The van der Waals surface area contributed by atoms with Gasteiger partial charge >= 0.3 is 6.03 Å². The molecular formula is C10H15N3O2S2. The van der Waals surface area contributed by atoms with Gasteiger partial charge in [-0.3, -0.25) is 9.29 Å². The van der Waals surface area contributed by atoms with E-state index in [9.17, 15) is 9.90 Å². The van der Waals surface area contributed by atoms with Crippen LogP contribution in [-0.4, -0.2) is 39.8 Å². The van der Waals surface area contributed by atoms with E-state index in [2.05, 4.69) is 23.1 Å². The number of urea groups is 1. The molecule has 0 unspecified atom stereocenters. The van der Waals surface area contributed by atoms with Crippen molar-refractivity contribution in [1.82, 2.24) is 14.6 Å². The summed E-state index contributed by atoms with van der Waals surface area (Å²) in [5.74, 6) is 1.59. The van der Waals surface area contributed by atoms with Crippen molar-refractivity contribution in [1.29, 1.82) is 0 Å². The van der Waals surface area contributed by atoms with Gasteiger partial charge in [-0.1, -0.05) is 12.8 Å². The lowest BCUT2D eigenvalue weighted by Crippen LogP contribution is -2.32. The first-order valence-corrected chi connectivity index (χ1v) is 6.57. The number of carbonyl (C=O) groups is 1. The second kappa shape index (κ2) is 7.29. The van der Waals surface area contributed by atoms with Crippen LogP contribution in [0.5, 0.6) is 5.75 Å². The molecule has 5 nitrogen and oxygen atoms in total. The molecule has 0 aliphatic rings. The Morgan fingerprint density at radius 1 is 1.71 bits per heavy atom. The summed E-state index contributed by atoms with van der Waals surface area (Å²) in [6.45, 7) is 0.558. The van der Waals surface area contributed by atoms with Crippen molar-refractivity contribution in [3.8, 4) is 5.75 Å². The molecule has 0 atom stereocenters. The molecule has 0 bridgehead atoms. The van der Waals surface area contributed by atoms with E-state index in [4.69, 9.17) is 0 Å². The van der Waals surface area contributed by atoms with Gasteiger partial charge in [-0.25, -0.2) is 4.79 Å². The third-order valence-corrected chi connectivity index (χ3v) is 3.07. The molecule has 7 heteroatoms. The summed E-state index contributed by atoms with van der Waals surface area (Å²) in [4.78, 5) is 15.2. The van der Waals surface area contributed by atoms with E-state index in [1.54, 1.807) is 37.1 Å². The first kappa shape index (κ1) is 14.0. The Hall–Kier alpha value is -1.08. The highest BCUT2D eigenvalue weighted by atomic mass is 32.2. The van der Waals surface area contributed by atoms with Crippen molar-refractivity contribution in [2.24, 2.45) is 0 Å². The third-order valence-electron chi connectivity index (χ3n) is 1.92. The fourth-order valence-corrected chi connectivity index (χ4v) is 1.93. The largest absolute Gasteiger partial charge is 0.506 e. The quantitative estimate of drug-likeness (QED) is 0.562. The maximum Gasteiger partial charge on any atom is 0.326 e. The zero-order valence-corrected chi connectivity index (χ0v) is 11.2. The summed E-state index contributed by atoms with van der Waals surface area (Å²) in [6.07, 6.45) is 1.65. The zero-order chi connectivity index (χ0) is 12.7. The number of nitrogens with one attached hydrogen (secondary N) is 1. The van der Waals surface area contributed by atoms with Gasteiger partial charge in [0.2, 0.25) is 0 Å². The Morgan fingerprint density at radius 2 is 2.47 bits per heavy atom. The van der Waals surface area contributed by atoms with Crippen LogP contribution >= 0.6 is 24.6 Å². The summed E-state index contributed by atoms with van der Waals surface area (Å²) < 4.78 is 1.19. The van der Waals surface area contributed by atoms with E-state index in [-0.39, 0.29) is 11.8 Å². The molecule has 0 aliphatic carbocycles. The molecule has 1 rings (SSSR count). The lowest BCUT2D eigenvalue weighted by Gasteiger charge is -2.10. The van der Waals surface area contributed by atoms with E-state index in [0.717, 1.165) is 5.75 Å². The van der Waals surface area contributed by atoms with E-state index in [1.165, 1.54) is 4.31 Å². The molecule has 0 radical (unpaired) electrons.